The van der Waals surface area contributed by atoms with Gasteiger partial charge in [-0.3, -0.25) is 4.90 Å². The van der Waals surface area contributed by atoms with E-state index >= 15 is 8.78 Å². The molecule has 2 aliphatic rings. The van der Waals surface area contributed by atoms with E-state index in [1.807, 2.05) is 18.2 Å². The molecule has 0 amide bonds. The maximum absolute atomic E-state index is 15.2. The van der Waals surface area contributed by atoms with Crippen LogP contribution in [-0.4, -0.2) is 52.5 Å². The van der Waals surface area contributed by atoms with Crippen molar-refractivity contribution in [3.63, 3.8) is 0 Å². The standard InChI is InChI=1S/C25H26F2N6O3S/c1-37(34,35)33-12-15-11-32(13-23(15)30-33)16-8-21(28)25(29-10-16)18-9-19(26)14(6-20(18)27)7-22-17-4-2-3-5-24(17)36-31-22/h2-6,9,12,16,21,25,29H,7-8,10-11,13,28H2,1H3/t16-,21-,25+/m0/s1. The van der Waals surface area contributed by atoms with Crippen molar-refractivity contribution in [2.45, 2.75) is 44.1 Å². The lowest BCUT2D eigenvalue weighted by Crippen LogP contribution is -2.54. The molecule has 0 bridgehead atoms. The lowest BCUT2D eigenvalue weighted by molar-refractivity contribution is 0.137. The van der Waals surface area contributed by atoms with Gasteiger partial charge in [0.05, 0.1) is 23.7 Å². The second-order valence-electron chi connectivity index (χ2n) is 9.85. The molecule has 0 spiro atoms. The van der Waals surface area contributed by atoms with Gasteiger partial charge in [-0.15, -0.1) is 0 Å². The van der Waals surface area contributed by atoms with Gasteiger partial charge < -0.3 is 15.6 Å². The Balaban J connectivity index is 1.15. The Morgan fingerprint density at radius 1 is 1.19 bits per heavy atom. The zero-order valence-electron chi connectivity index (χ0n) is 20.1. The van der Waals surface area contributed by atoms with Crippen LogP contribution in [0.2, 0.25) is 0 Å². The quantitative estimate of drug-likeness (QED) is 0.406. The van der Waals surface area contributed by atoms with Crippen LogP contribution >= 0.6 is 0 Å². The van der Waals surface area contributed by atoms with Crippen LogP contribution in [0, 0.1) is 11.6 Å². The number of hydrogen-bond acceptors (Lipinski definition) is 8. The monoisotopic (exact) mass is 528 g/mol. The lowest BCUT2D eigenvalue weighted by Gasteiger charge is -2.39. The van der Waals surface area contributed by atoms with Crippen LogP contribution in [0.25, 0.3) is 11.0 Å². The van der Waals surface area contributed by atoms with Crippen LogP contribution in [0.5, 0.6) is 0 Å². The Labute approximate surface area is 212 Å². The van der Waals surface area contributed by atoms with Gasteiger partial charge >= 0.3 is 0 Å². The number of hydrogen-bond donors (Lipinski definition) is 2. The molecule has 1 fully saturated rings. The van der Waals surface area contributed by atoms with E-state index in [1.165, 1.54) is 12.1 Å². The highest BCUT2D eigenvalue weighted by molar-refractivity contribution is 7.89. The van der Waals surface area contributed by atoms with Crippen molar-refractivity contribution in [1.82, 2.24) is 24.6 Å². The third-order valence-electron chi connectivity index (χ3n) is 7.30. The number of nitrogens with two attached hydrogens (primary N) is 1. The van der Waals surface area contributed by atoms with Crippen molar-refractivity contribution in [2.75, 3.05) is 12.8 Å². The van der Waals surface area contributed by atoms with Crippen molar-refractivity contribution in [3.8, 4) is 0 Å². The number of piperidine rings is 1. The molecule has 2 aliphatic heterocycles. The van der Waals surface area contributed by atoms with E-state index in [-0.39, 0.29) is 23.6 Å². The molecule has 9 nitrogen and oxygen atoms in total. The van der Waals surface area contributed by atoms with Crippen LogP contribution in [0.3, 0.4) is 0 Å². The highest BCUT2D eigenvalue weighted by atomic mass is 32.2. The average molecular weight is 529 g/mol. The third-order valence-corrected chi connectivity index (χ3v) is 8.16. The van der Waals surface area contributed by atoms with Crippen molar-refractivity contribution in [3.05, 3.63) is 82.3 Å². The molecule has 12 heteroatoms. The van der Waals surface area contributed by atoms with Gasteiger partial charge in [0.25, 0.3) is 10.0 Å². The number of nitrogens with zero attached hydrogens (tertiary/aromatic N) is 4. The molecule has 4 heterocycles. The van der Waals surface area contributed by atoms with Crippen LogP contribution in [-0.2, 0) is 29.5 Å². The van der Waals surface area contributed by atoms with E-state index in [9.17, 15) is 8.42 Å². The molecule has 4 aromatic rings. The SMILES string of the molecule is CS(=O)(=O)n1cc2c(n1)CN([C@@H]1CN[C@H](c3cc(F)c(Cc4noc5ccccc45)cc3F)[C@@H](N)C1)C2. The number of halogens is 2. The number of rotatable bonds is 5. The summed E-state index contributed by atoms with van der Waals surface area (Å²) in [6, 6.07) is 8.80. The first kappa shape index (κ1) is 24.2. The molecule has 1 saturated heterocycles. The predicted molar refractivity (Wildman–Crippen MR) is 132 cm³/mol. The Morgan fingerprint density at radius 2 is 2.00 bits per heavy atom. The second-order valence-corrected chi connectivity index (χ2v) is 11.7. The zero-order valence-corrected chi connectivity index (χ0v) is 20.9. The van der Waals surface area contributed by atoms with Crippen LogP contribution in [0.1, 0.15) is 40.5 Å². The molecular formula is C25H26F2N6O3S. The average Bonchev–Trinajstić information content (AvgIpc) is 3.55. The molecule has 2 aromatic heterocycles. The summed E-state index contributed by atoms with van der Waals surface area (Å²) in [4.78, 5) is 2.18. The zero-order chi connectivity index (χ0) is 25.9. The maximum Gasteiger partial charge on any atom is 0.250 e. The first-order valence-electron chi connectivity index (χ1n) is 12.0. The number of benzene rings is 2. The van der Waals surface area contributed by atoms with Gasteiger partial charge in [0.15, 0.2) is 5.58 Å². The smallest absolute Gasteiger partial charge is 0.250 e. The van der Waals surface area contributed by atoms with E-state index < -0.39 is 33.7 Å². The minimum atomic E-state index is -3.42. The van der Waals surface area contributed by atoms with Gasteiger partial charge in [0.2, 0.25) is 0 Å². The molecule has 0 aliphatic carbocycles. The number of fused-ring (bicyclic) bond motifs is 2. The van der Waals surface area contributed by atoms with Crippen LogP contribution < -0.4 is 11.1 Å². The summed E-state index contributed by atoms with van der Waals surface area (Å²) in [6.07, 6.45) is 3.34. The number of para-hydroxylation sites is 1. The normalized spacial score (nSPS) is 22.5. The summed E-state index contributed by atoms with van der Waals surface area (Å²) in [5.74, 6) is -1.04. The van der Waals surface area contributed by atoms with Crippen molar-refractivity contribution >= 4 is 21.0 Å². The summed E-state index contributed by atoms with van der Waals surface area (Å²) in [6.45, 7) is 1.60. The fraction of sp³-hybridized carbons (Fsp3) is 0.360. The van der Waals surface area contributed by atoms with Crippen LogP contribution in [0.15, 0.2) is 47.1 Å². The summed E-state index contributed by atoms with van der Waals surface area (Å²) < 4.78 is 60.1. The molecule has 6 rings (SSSR count). The van der Waals surface area contributed by atoms with Gasteiger partial charge in [0, 0.05) is 60.8 Å². The van der Waals surface area contributed by atoms with Crippen molar-refractivity contribution in [2.24, 2.45) is 5.73 Å². The molecule has 37 heavy (non-hydrogen) atoms. The van der Waals surface area contributed by atoms with Gasteiger partial charge in [-0.05, 0) is 36.2 Å². The van der Waals surface area contributed by atoms with E-state index in [1.54, 1.807) is 12.3 Å². The molecule has 0 saturated carbocycles. The third kappa shape index (κ3) is 4.43. The Kier molecular flexibility index (Phi) is 5.86. The van der Waals surface area contributed by atoms with Gasteiger partial charge in [0.1, 0.15) is 11.6 Å². The number of nitrogens with one attached hydrogen (secondary N) is 1. The lowest BCUT2D eigenvalue weighted by atomic mass is 9.88. The highest BCUT2D eigenvalue weighted by Crippen LogP contribution is 2.32. The highest BCUT2D eigenvalue weighted by Gasteiger charge is 2.36. The van der Waals surface area contributed by atoms with Gasteiger partial charge in [-0.25, -0.2) is 17.2 Å². The number of aromatic nitrogens is 3. The van der Waals surface area contributed by atoms with Gasteiger partial charge in [-0.2, -0.15) is 9.19 Å². The topological polar surface area (TPSA) is 119 Å². The summed E-state index contributed by atoms with van der Waals surface area (Å²) in [5.41, 5.74) is 9.59. The van der Waals surface area contributed by atoms with E-state index in [0.717, 1.165) is 27.0 Å². The van der Waals surface area contributed by atoms with E-state index in [0.29, 0.717) is 37.3 Å². The molecule has 3 atom stereocenters. The predicted octanol–water partition coefficient (Wildman–Crippen LogP) is 2.45. The molecular weight excluding hydrogens is 502 g/mol. The molecule has 3 N–H and O–H groups in total. The first-order chi connectivity index (χ1) is 17.7. The van der Waals surface area contributed by atoms with E-state index in [4.69, 9.17) is 10.3 Å². The molecule has 0 radical (unpaired) electrons. The summed E-state index contributed by atoms with van der Waals surface area (Å²) in [7, 11) is -3.42. The Bertz CT molecular complexity index is 1580. The first-order valence-corrected chi connectivity index (χ1v) is 13.8. The molecule has 194 valence electrons. The van der Waals surface area contributed by atoms with Crippen molar-refractivity contribution in [1.29, 1.82) is 0 Å². The molecule has 2 aromatic carbocycles. The summed E-state index contributed by atoms with van der Waals surface area (Å²) in [5, 5.41) is 12.3. The Morgan fingerprint density at radius 3 is 2.76 bits per heavy atom. The molecule has 0 unspecified atom stereocenters. The largest absolute Gasteiger partial charge is 0.356 e. The fourth-order valence-corrected chi connectivity index (χ4v) is 5.94. The summed E-state index contributed by atoms with van der Waals surface area (Å²) >= 11 is 0. The minimum absolute atomic E-state index is 0.0553. The second kappa shape index (κ2) is 8.98. The fourth-order valence-electron chi connectivity index (χ4n) is 5.37. The van der Waals surface area contributed by atoms with Gasteiger partial charge in [-0.1, -0.05) is 17.3 Å². The van der Waals surface area contributed by atoms with Crippen LogP contribution in [0.4, 0.5) is 8.78 Å². The maximum atomic E-state index is 15.2. The Hall–Kier alpha value is -3.19. The van der Waals surface area contributed by atoms with Crippen molar-refractivity contribution < 1.29 is 21.7 Å². The van der Waals surface area contributed by atoms with E-state index in [2.05, 4.69) is 20.5 Å². The minimum Gasteiger partial charge on any atom is -0.356 e.